The highest BCUT2D eigenvalue weighted by molar-refractivity contribution is 7.73. The highest BCUT2D eigenvalue weighted by Crippen LogP contribution is 2.67. The fourth-order valence-corrected chi connectivity index (χ4v) is 9.91. The largest absolute Gasteiger partial charge is 0.427 e. The van der Waals surface area contributed by atoms with E-state index in [0.717, 1.165) is 0 Å². The highest BCUT2D eigenvalue weighted by atomic mass is 127. The van der Waals surface area contributed by atoms with Gasteiger partial charge in [0, 0.05) is 7.26 Å². The third-order valence-electron chi connectivity index (χ3n) is 7.07. The van der Waals surface area contributed by atoms with E-state index in [1.165, 1.54) is 106 Å². The summed E-state index contributed by atoms with van der Waals surface area (Å²) in [6.45, 7) is 2.30. The van der Waals surface area contributed by atoms with Crippen LogP contribution in [0.4, 0.5) is 0 Å². The van der Waals surface area contributed by atoms with Crippen molar-refractivity contribution in [3.05, 3.63) is 108 Å². The van der Waals surface area contributed by atoms with Gasteiger partial charge in [0.05, 0.1) is 24.6 Å². The Hall–Kier alpha value is -1.30. The summed E-state index contributed by atoms with van der Waals surface area (Å²) in [7, 11) is -1.24. The molecule has 3 nitrogen and oxygen atoms in total. The van der Waals surface area contributed by atoms with E-state index in [2.05, 4.69) is 97.9 Å². The number of unbranched alkanes of at least 4 members (excludes halogenated alkanes) is 9. The molecule has 5 heteroatoms. The van der Waals surface area contributed by atoms with E-state index in [9.17, 15) is 0 Å². The summed E-state index contributed by atoms with van der Waals surface area (Å²) in [6, 6.07) is 33.9. The molecule has 0 bridgehead atoms. The quantitative estimate of drug-likeness (QED) is 0.127. The van der Waals surface area contributed by atoms with Crippen molar-refractivity contribution in [1.82, 2.24) is 0 Å². The van der Waals surface area contributed by atoms with Crippen molar-refractivity contribution in [2.75, 3.05) is 6.16 Å². The lowest BCUT2D eigenvalue weighted by Gasteiger charge is -2.29. The minimum atomic E-state index is -4.01. The molecule has 0 amide bonds. The summed E-state index contributed by atoms with van der Waals surface area (Å²) in [6.07, 6.45) is 19.3. The maximum Gasteiger partial charge on any atom is 0.282 e. The van der Waals surface area contributed by atoms with E-state index in [1.54, 1.807) is 0 Å². The molecule has 0 radical (unpaired) electrons. The molecule has 0 unspecified atom stereocenters. The molecule has 38 heavy (non-hydrogen) atoms. The average molecular weight is 649 g/mol. The van der Waals surface area contributed by atoms with Crippen LogP contribution in [0.25, 0.3) is 0 Å². The van der Waals surface area contributed by atoms with Crippen molar-refractivity contribution < 1.29 is 31.4 Å². The summed E-state index contributed by atoms with van der Waals surface area (Å²) in [5, 5.41) is 0. The van der Waals surface area contributed by atoms with E-state index in [-0.39, 0.29) is 0 Å². The Balaban J connectivity index is 0.00000118. The lowest BCUT2D eigenvalue weighted by Crippen LogP contribution is -4.05. The van der Waals surface area contributed by atoms with Gasteiger partial charge < -0.3 is 10.3 Å². The molecule has 3 aromatic carbocycles. The second-order valence-corrected chi connectivity index (χ2v) is 15.5. The van der Waals surface area contributed by atoms with Crippen molar-refractivity contribution >= 4 is 7.26 Å². The molecule has 0 aliphatic heterocycles. The van der Waals surface area contributed by atoms with Crippen LogP contribution in [-0.4, -0.2) is 6.16 Å². The van der Waals surface area contributed by atoms with Gasteiger partial charge in [0.15, 0.2) is 0 Å². The Labute approximate surface area is 241 Å². The monoisotopic (exact) mass is 648 g/mol. The Morgan fingerprint density at radius 2 is 0.763 bits per heavy atom. The minimum absolute atomic E-state index is 1.24. The molecule has 3 aromatic rings. The Morgan fingerprint density at radius 1 is 0.474 bits per heavy atom. The zero-order chi connectivity index (χ0) is 27.3. The van der Waals surface area contributed by atoms with E-state index in [4.69, 9.17) is 10.3 Å². The Morgan fingerprint density at radius 3 is 1.08 bits per heavy atom. The van der Waals surface area contributed by atoms with Gasteiger partial charge in [-0.05, 0) is 29.5 Å². The van der Waals surface area contributed by atoms with Gasteiger partial charge in [-0.2, -0.15) is 0 Å². The van der Waals surface area contributed by atoms with Gasteiger partial charge in [-0.1, -0.05) is 149 Å². The summed E-state index contributed by atoms with van der Waals surface area (Å²) in [5.41, 5.74) is 4.57. The van der Waals surface area contributed by atoms with E-state index in [1.807, 2.05) is 0 Å². The van der Waals surface area contributed by atoms with Crippen molar-refractivity contribution in [1.29, 1.82) is 0 Å². The molecule has 3 rings (SSSR count). The molecule has 0 spiro atoms. The predicted molar refractivity (Wildman–Crippen MR) is 154 cm³/mol. The fraction of sp³-hybridized carbons (Fsp3) is 0.455. The minimum Gasteiger partial charge on any atom is -0.427 e. The SMILES string of the molecule is CCCCCCCCCCCC[P+](Cc1ccccc1)(Cc1ccccc1)Cc1ccccc1.[O-][I+2]([O-])[O-]. The fourth-order valence-electron chi connectivity index (χ4n) is 5.25. The van der Waals surface area contributed by atoms with Gasteiger partial charge in [-0.3, -0.25) is 0 Å². The second kappa shape index (κ2) is 20.6. The van der Waals surface area contributed by atoms with Crippen molar-refractivity contribution in [2.45, 2.75) is 89.6 Å². The van der Waals surface area contributed by atoms with Crippen LogP contribution in [0.5, 0.6) is 0 Å². The van der Waals surface area contributed by atoms with Crippen LogP contribution in [0, 0.1) is 0 Å². The number of benzene rings is 3. The molecule has 0 N–H and O–H groups in total. The van der Waals surface area contributed by atoms with E-state index in [0.29, 0.717) is 0 Å². The third kappa shape index (κ3) is 15.3. The van der Waals surface area contributed by atoms with Crippen LogP contribution in [-0.2, 0) is 18.5 Å². The maximum atomic E-state index is 8.57. The first-order valence-corrected chi connectivity index (χ1v) is 19.4. The van der Waals surface area contributed by atoms with Crippen LogP contribution < -0.4 is 31.4 Å². The lowest BCUT2D eigenvalue weighted by atomic mass is 10.1. The van der Waals surface area contributed by atoms with Crippen molar-refractivity contribution in [3.8, 4) is 0 Å². The molecule has 0 saturated heterocycles. The number of halogens is 1. The summed E-state index contributed by atoms with van der Waals surface area (Å²) >= 11 is -4.01. The zero-order valence-corrected chi connectivity index (χ0v) is 26.2. The molecule has 208 valence electrons. The van der Waals surface area contributed by atoms with Gasteiger partial charge in [0.1, 0.15) is 0 Å². The van der Waals surface area contributed by atoms with Gasteiger partial charge in [0.25, 0.3) is 21.1 Å². The standard InChI is InChI=1S/C33H46P.IO3/c1-2-3-4-5-6-7-8-9-10-20-27-34(28-31-21-14-11-15-22-31,29-32-23-16-12-17-24-32)30-33-25-18-13-19-26-33;2-1(3)4/h11-19,21-26H,2-10,20,27-30H2,1H3;/q+1;-1. The smallest absolute Gasteiger partial charge is 0.282 e. The van der Waals surface area contributed by atoms with Gasteiger partial charge >= 0.3 is 0 Å². The molecule has 0 aliphatic carbocycles. The first-order valence-electron chi connectivity index (χ1n) is 14.2. The van der Waals surface area contributed by atoms with Gasteiger partial charge in [0.2, 0.25) is 0 Å². The number of hydrogen-bond donors (Lipinski definition) is 0. The zero-order valence-electron chi connectivity index (χ0n) is 23.1. The van der Waals surface area contributed by atoms with Crippen LogP contribution in [0.3, 0.4) is 0 Å². The highest BCUT2D eigenvalue weighted by Gasteiger charge is 2.37. The molecule has 0 fully saturated rings. The number of rotatable bonds is 17. The molecule has 0 aromatic heterocycles. The predicted octanol–water partition coefficient (Wildman–Crippen LogP) is 3.96. The Kier molecular flexibility index (Phi) is 17.8. The molecular formula is C33H46IO3P. The third-order valence-corrected chi connectivity index (χ3v) is 11.4. The topological polar surface area (TPSA) is 69.2 Å². The van der Waals surface area contributed by atoms with Crippen LogP contribution in [0.2, 0.25) is 0 Å². The van der Waals surface area contributed by atoms with Gasteiger partial charge in [-0.15, -0.1) is 0 Å². The summed E-state index contributed by atoms with van der Waals surface area (Å²) < 4.78 is 25.7. The normalized spacial score (nSPS) is 11.3. The first-order chi connectivity index (χ1) is 18.5. The van der Waals surface area contributed by atoms with Crippen LogP contribution >= 0.6 is 7.26 Å². The molecule has 0 aliphatic rings. The van der Waals surface area contributed by atoms with E-state index >= 15 is 0 Å². The second-order valence-electron chi connectivity index (χ2n) is 10.4. The molecule has 0 atom stereocenters. The lowest BCUT2D eigenvalue weighted by molar-refractivity contribution is -1.73. The van der Waals surface area contributed by atoms with Crippen molar-refractivity contribution in [3.63, 3.8) is 0 Å². The van der Waals surface area contributed by atoms with Crippen LogP contribution in [0.1, 0.15) is 87.8 Å². The molecule has 0 heterocycles. The van der Waals surface area contributed by atoms with Gasteiger partial charge in [-0.25, -0.2) is 0 Å². The maximum absolute atomic E-state index is 8.57. The summed E-state index contributed by atoms with van der Waals surface area (Å²) in [4.78, 5) is 0. The van der Waals surface area contributed by atoms with Crippen LogP contribution in [0.15, 0.2) is 91.0 Å². The van der Waals surface area contributed by atoms with Crippen molar-refractivity contribution in [2.24, 2.45) is 0 Å². The molecule has 0 saturated carbocycles. The number of hydrogen-bond acceptors (Lipinski definition) is 3. The average Bonchev–Trinajstić information content (AvgIpc) is 2.91. The summed E-state index contributed by atoms with van der Waals surface area (Å²) in [5.74, 6) is 0. The van der Waals surface area contributed by atoms with E-state index < -0.39 is 28.3 Å². The molecular weight excluding hydrogens is 602 g/mol. The Bertz CT molecular complexity index is 834. The first kappa shape index (κ1) is 32.9.